The summed E-state index contributed by atoms with van der Waals surface area (Å²) in [6.45, 7) is 1.58. The van der Waals surface area contributed by atoms with E-state index in [1.165, 1.54) is 0 Å². The molecule has 1 saturated heterocycles. The minimum absolute atomic E-state index is 0.0943. The van der Waals surface area contributed by atoms with E-state index in [2.05, 4.69) is 15.9 Å². The monoisotopic (exact) mass is 315 g/mol. The van der Waals surface area contributed by atoms with Crippen LogP contribution in [0.5, 0.6) is 0 Å². The van der Waals surface area contributed by atoms with Crippen LogP contribution in [0.4, 0.5) is 5.69 Å². The first kappa shape index (κ1) is 12.4. The lowest BCUT2D eigenvalue weighted by Gasteiger charge is -2.28. The normalized spacial score (nSPS) is 25.2. The summed E-state index contributed by atoms with van der Waals surface area (Å²) in [5.74, 6) is -0.904. The fraction of sp³-hybridized carbons (Fsp3) is 0.273. The molecule has 1 fully saturated rings. The molecule has 1 aromatic carbocycles. The number of anilines is 1. The van der Waals surface area contributed by atoms with Gasteiger partial charge < -0.3 is 0 Å². The number of halogens is 1. The average molecular weight is 316 g/mol. The highest BCUT2D eigenvalue weighted by molar-refractivity contribution is 9.10. The Morgan fingerprint density at radius 1 is 1.29 bits per heavy atom. The fourth-order valence-corrected chi connectivity index (χ4v) is 2.81. The largest absolute Gasteiger partial charge is 0.273 e. The van der Waals surface area contributed by atoms with Crippen LogP contribution in [0.3, 0.4) is 0 Å². The summed E-state index contributed by atoms with van der Waals surface area (Å²) in [7, 11) is -1.39. The van der Waals surface area contributed by atoms with Crippen LogP contribution < -0.4 is 4.90 Å². The van der Waals surface area contributed by atoms with Crippen LogP contribution in [0.1, 0.15) is 6.92 Å². The van der Waals surface area contributed by atoms with Gasteiger partial charge in [-0.15, -0.1) is 0 Å². The predicted octanol–water partition coefficient (Wildman–Crippen LogP) is 1.46. The number of benzene rings is 1. The van der Waals surface area contributed by atoms with Gasteiger partial charge in [0, 0.05) is 15.3 Å². The lowest BCUT2D eigenvalue weighted by molar-refractivity contribution is -0.125. The number of nitrogens with zero attached hydrogens (tertiary/aromatic N) is 1. The third-order valence-corrected chi connectivity index (χ3v) is 4.61. The molecule has 1 aliphatic heterocycles. The Labute approximate surface area is 110 Å². The van der Waals surface area contributed by atoms with Crippen molar-refractivity contribution in [1.29, 1.82) is 0 Å². The molecule has 0 spiro atoms. The van der Waals surface area contributed by atoms with E-state index in [1.54, 1.807) is 31.2 Å². The van der Waals surface area contributed by atoms with Crippen molar-refractivity contribution in [3.05, 3.63) is 28.7 Å². The Kier molecular flexibility index (Phi) is 3.44. The number of imide groups is 1. The molecule has 0 unspecified atom stereocenters. The minimum atomic E-state index is -1.39. The molecule has 2 amide bonds. The van der Waals surface area contributed by atoms with Crippen molar-refractivity contribution in [2.45, 2.75) is 12.2 Å². The first-order valence-corrected chi connectivity index (χ1v) is 7.18. The summed E-state index contributed by atoms with van der Waals surface area (Å²) in [6, 6.07) is 6.87. The molecule has 6 heteroatoms. The van der Waals surface area contributed by atoms with E-state index in [0.29, 0.717) is 5.69 Å². The second kappa shape index (κ2) is 4.70. The second-order valence-corrected chi connectivity index (χ2v) is 6.38. The zero-order chi connectivity index (χ0) is 12.6. The van der Waals surface area contributed by atoms with E-state index < -0.39 is 27.9 Å². The SMILES string of the molecule is C[C@@H]1C(=O)N(c2ccc(Br)cc2)C(=O)C[S@]1=O. The van der Waals surface area contributed by atoms with Crippen molar-refractivity contribution in [3.63, 3.8) is 0 Å². The Morgan fingerprint density at radius 3 is 2.47 bits per heavy atom. The maximum Gasteiger partial charge on any atom is 0.249 e. The molecule has 0 aromatic heterocycles. The molecule has 0 radical (unpaired) electrons. The highest BCUT2D eigenvalue weighted by Crippen LogP contribution is 2.23. The van der Waals surface area contributed by atoms with Crippen molar-refractivity contribution in [2.75, 3.05) is 10.7 Å². The molecule has 0 aliphatic carbocycles. The van der Waals surface area contributed by atoms with Gasteiger partial charge in [0.05, 0.1) is 5.69 Å². The summed E-state index contributed by atoms with van der Waals surface area (Å²) in [6.07, 6.45) is 0. The third kappa shape index (κ3) is 2.32. The molecule has 0 N–H and O–H groups in total. The van der Waals surface area contributed by atoms with E-state index in [-0.39, 0.29) is 5.75 Å². The van der Waals surface area contributed by atoms with Crippen molar-refractivity contribution >= 4 is 44.2 Å². The lowest BCUT2D eigenvalue weighted by atomic mass is 10.2. The lowest BCUT2D eigenvalue weighted by Crippen LogP contribution is -2.51. The summed E-state index contributed by atoms with van der Waals surface area (Å²) >= 11 is 3.28. The predicted molar refractivity (Wildman–Crippen MR) is 69.1 cm³/mol. The van der Waals surface area contributed by atoms with Crippen LogP contribution in [0.25, 0.3) is 0 Å². The van der Waals surface area contributed by atoms with Gasteiger partial charge in [-0.1, -0.05) is 15.9 Å². The van der Waals surface area contributed by atoms with Gasteiger partial charge in [0.25, 0.3) is 0 Å². The highest BCUT2D eigenvalue weighted by Gasteiger charge is 2.37. The average Bonchev–Trinajstić information content (AvgIpc) is 2.29. The zero-order valence-electron chi connectivity index (χ0n) is 9.05. The van der Waals surface area contributed by atoms with Gasteiger partial charge in [0.15, 0.2) is 0 Å². The number of amides is 2. The molecule has 1 heterocycles. The number of rotatable bonds is 1. The zero-order valence-corrected chi connectivity index (χ0v) is 11.5. The molecular formula is C11H10BrNO3S. The molecule has 17 heavy (non-hydrogen) atoms. The number of hydrogen-bond acceptors (Lipinski definition) is 3. The second-order valence-electron chi connectivity index (χ2n) is 3.71. The Morgan fingerprint density at radius 2 is 1.88 bits per heavy atom. The third-order valence-electron chi connectivity index (χ3n) is 2.56. The molecule has 4 nitrogen and oxygen atoms in total. The van der Waals surface area contributed by atoms with Crippen molar-refractivity contribution in [2.24, 2.45) is 0 Å². The van der Waals surface area contributed by atoms with E-state index in [1.807, 2.05) is 0 Å². The summed E-state index contributed by atoms with van der Waals surface area (Å²) in [5, 5.41) is -0.628. The minimum Gasteiger partial charge on any atom is -0.273 e. The van der Waals surface area contributed by atoms with Crippen LogP contribution in [0.2, 0.25) is 0 Å². The van der Waals surface area contributed by atoms with Crippen LogP contribution in [-0.2, 0) is 20.4 Å². The molecule has 90 valence electrons. The van der Waals surface area contributed by atoms with Crippen LogP contribution in [0.15, 0.2) is 28.7 Å². The Balaban J connectivity index is 2.37. The molecule has 0 saturated carbocycles. The number of carbonyl (C=O) groups is 2. The van der Waals surface area contributed by atoms with E-state index >= 15 is 0 Å². The summed E-state index contributed by atoms with van der Waals surface area (Å²) in [4.78, 5) is 24.8. The molecule has 2 rings (SSSR count). The van der Waals surface area contributed by atoms with Gasteiger partial charge >= 0.3 is 0 Å². The quantitative estimate of drug-likeness (QED) is 0.737. The van der Waals surface area contributed by atoms with Gasteiger partial charge in [-0.3, -0.25) is 13.8 Å². The van der Waals surface area contributed by atoms with E-state index in [4.69, 9.17) is 0 Å². The maximum atomic E-state index is 11.9. The Hall–Kier alpha value is -1.01. The fourth-order valence-electron chi connectivity index (χ4n) is 1.59. The number of carbonyl (C=O) groups excluding carboxylic acids is 2. The number of hydrogen-bond donors (Lipinski definition) is 0. The van der Waals surface area contributed by atoms with Gasteiger partial charge in [-0.05, 0) is 31.2 Å². The first-order chi connectivity index (χ1) is 8.00. The van der Waals surface area contributed by atoms with Crippen LogP contribution in [0, 0.1) is 0 Å². The van der Waals surface area contributed by atoms with Gasteiger partial charge in [0.1, 0.15) is 11.0 Å². The standard InChI is InChI=1S/C11H10BrNO3S/c1-7-11(15)13(10(14)6-17(7)16)9-4-2-8(12)3-5-9/h2-5,7H,6H2,1H3/t7-,17-/m1/s1. The first-order valence-electron chi connectivity index (χ1n) is 5.00. The smallest absolute Gasteiger partial charge is 0.249 e. The van der Waals surface area contributed by atoms with Crippen molar-refractivity contribution < 1.29 is 13.8 Å². The molecule has 0 bridgehead atoms. The van der Waals surface area contributed by atoms with Gasteiger partial charge in [-0.25, -0.2) is 4.90 Å². The van der Waals surface area contributed by atoms with E-state index in [9.17, 15) is 13.8 Å². The molecule has 1 aromatic rings. The van der Waals surface area contributed by atoms with Gasteiger partial charge in [-0.2, -0.15) is 0 Å². The molecular weight excluding hydrogens is 306 g/mol. The summed E-state index contributed by atoms with van der Waals surface area (Å²) in [5.41, 5.74) is 0.520. The maximum absolute atomic E-state index is 11.9. The van der Waals surface area contributed by atoms with Crippen LogP contribution in [-0.4, -0.2) is 27.0 Å². The topological polar surface area (TPSA) is 54.5 Å². The van der Waals surface area contributed by atoms with E-state index in [0.717, 1.165) is 9.37 Å². The highest BCUT2D eigenvalue weighted by atomic mass is 79.9. The van der Waals surface area contributed by atoms with Crippen molar-refractivity contribution in [3.8, 4) is 0 Å². The molecule has 1 aliphatic rings. The Bertz CT molecular complexity index is 500. The van der Waals surface area contributed by atoms with Crippen LogP contribution >= 0.6 is 15.9 Å². The van der Waals surface area contributed by atoms with Crippen molar-refractivity contribution in [1.82, 2.24) is 0 Å². The molecule has 2 atom stereocenters. The van der Waals surface area contributed by atoms with Gasteiger partial charge in [0.2, 0.25) is 11.8 Å². The summed E-state index contributed by atoms with van der Waals surface area (Å²) < 4.78 is 12.4.